The molecule has 9 heteroatoms. The van der Waals surface area contributed by atoms with E-state index in [1.807, 2.05) is 17.3 Å². The molecule has 2 atom stereocenters. The van der Waals surface area contributed by atoms with E-state index in [0.717, 1.165) is 57.1 Å². The van der Waals surface area contributed by atoms with Gasteiger partial charge in [0.05, 0.1) is 31.2 Å². The van der Waals surface area contributed by atoms with Gasteiger partial charge in [-0.25, -0.2) is 0 Å². The SMILES string of the molecule is CC1=CCC(C(C)C)CC1.CC1=[C+]C(C)=CC([PH+](c2cc(C)cc(C)c2)c2ccc3c(c2-c2c([PH+](c4cc(C)cc(C)c4)c4cc(C)cc(C)c4)ccc4c2OCO4)OCO3)=C1.Cl.[Cl][Ru]. The summed E-state index contributed by atoms with van der Waals surface area (Å²) in [7, 11) is 1.35. The van der Waals surface area contributed by atoms with Gasteiger partial charge in [-0.3, -0.25) is 0 Å². The van der Waals surface area contributed by atoms with E-state index in [4.69, 9.17) is 18.9 Å². The van der Waals surface area contributed by atoms with E-state index in [1.54, 1.807) is 5.57 Å². The van der Waals surface area contributed by atoms with Gasteiger partial charge >= 0.3 is 27.0 Å². The Morgan fingerprint density at radius 3 is 1.42 bits per heavy atom. The van der Waals surface area contributed by atoms with Crippen molar-refractivity contribution in [1.82, 2.24) is 0 Å². The third-order valence-electron chi connectivity index (χ3n) is 12.4. The predicted octanol–water partition coefficient (Wildman–Crippen LogP) is 13.4. The molecular formula is C56H64Cl2O4P2Ru+3. The minimum atomic E-state index is -1.62. The van der Waals surface area contributed by atoms with E-state index >= 15 is 0 Å². The molecule has 4 nitrogen and oxygen atoms in total. The first kappa shape index (κ1) is 50.6. The van der Waals surface area contributed by atoms with Gasteiger partial charge in [0.15, 0.2) is 23.0 Å². The zero-order valence-electron chi connectivity index (χ0n) is 39.7. The van der Waals surface area contributed by atoms with Crippen molar-refractivity contribution < 1.29 is 36.3 Å². The second kappa shape index (κ2) is 22.4. The summed E-state index contributed by atoms with van der Waals surface area (Å²) in [4.78, 5) is 0. The van der Waals surface area contributed by atoms with Crippen molar-refractivity contribution in [3.63, 3.8) is 0 Å². The number of benzene rings is 5. The second-order valence-electron chi connectivity index (χ2n) is 18.4. The average Bonchev–Trinajstić information content (AvgIpc) is 3.92. The number of fused-ring (bicyclic) bond motifs is 2. The number of aryl methyl sites for hydroxylation is 6. The molecule has 0 aromatic heterocycles. The number of rotatable bonds is 8. The zero-order valence-corrected chi connectivity index (χ0v) is 45.0. The molecule has 2 unspecified atom stereocenters. The Morgan fingerprint density at radius 2 is 1.02 bits per heavy atom. The fourth-order valence-corrected chi connectivity index (χ4v) is 16.1. The Hall–Kier alpha value is -3.77. The number of halogens is 2. The molecule has 0 bridgehead atoms. The maximum absolute atomic E-state index is 6.53. The third kappa shape index (κ3) is 11.7. The number of hydrogen-bond acceptors (Lipinski definition) is 4. The van der Waals surface area contributed by atoms with Gasteiger partial charge < -0.3 is 18.9 Å². The molecule has 0 spiro atoms. The van der Waals surface area contributed by atoms with Crippen LogP contribution in [0.5, 0.6) is 23.0 Å². The van der Waals surface area contributed by atoms with Crippen molar-refractivity contribution in [2.75, 3.05) is 13.6 Å². The fourth-order valence-electron chi connectivity index (χ4n) is 9.80. The van der Waals surface area contributed by atoms with Crippen molar-refractivity contribution in [2.45, 2.75) is 95.4 Å². The fraction of sp³-hybridized carbons (Fsp3) is 0.321. The van der Waals surface area contributed by atoms with Gasteiger partial charge in [0.2, 0.25) is 18.9 Å². The van der Waals surface area contributed by atoms with Crippen LogP contribution in [0.3, 0.4) is 0 Å². The van der Waals surface area contributed by atoms with Crippen LogP contribution in [0.25, 0.3) is 11.1 Å². The van der Waals surface area contributed by atoms with Crippen LogP contribution >= 0.6 is 37.9 Å². The van der Waals surface area contributed by atoms with E-state index in [-0.39, 0.29) is 26.0 Å². The molecule has 0 amide bonds. The van der Waals surface area contributed by atoms with Gasteiger partial charge in [0, 0.05) is 6.08 Å². The minimum absolute atomic E-state index is 0. The van der Waals surface area contributed by atoms with Crippen LogP contribution in [0.2, 0.25) is 0 Å². The molecule has 5 aromatic carbocycles. The van der Waals surface area contributed by atoms with Gasteiger partial charge in [-0.1, -0.05) is 43.7 Å². The van der Waals surface area contributed by atoms with Crippen molar-refractivity contribution in [3.8, 4) is 34.1 Å². The average molecular weight is 1040 g/mol. The molecule has 9 rings (SSSR count). The normalized spacial score (nSPS) is 16.1. The van der Waals surface area contributed by atoms with E-state index in [1.165, 1.54) is 84.5 Å². The summed E-state index contributed by atoms with van der Waals surface area (Å²) < 4.78 is 25.4. The molecule has 0 saturated heterocycles. The Morgan fingerprint density at radius 1 is 0.585 bits per heavy atom. The van der Waals surface area contributed by atoms with Crippen molar-refractivity contribution >= 4 is 64.5 Å². The monoisotopic (exact) mass is 1030 g/mol. The summed E-state index contributed by atoms with van der Waals surface area (Å²) in [5.41, 5.74) is 13.5. The van der Waals surface area contributed by atoms with Crippen LogP contribution < -0.4 is 45.5 Å². The van der Waals surface area contributed by atoms with Gasteiger partial charge in [-0.15, -0.1) is 12.4 Å². The van der Waals surface area contributed by atoms with E-state index < -0.39 is 15.8 Å². The van der Waals surface area contributed by atoms with E-state index in [9.17, 15) is 0 Å². The zero-order chi connectivity index (χ0) is 45.8. The quantitative estimate of drug-likeness (QED) is 0.0672. The van der Waals surface area contributed by atoms with Crippen LogP contribution in [0.1, 0.15) is 87.3 Å². The summed E-state index contributed by atoms with van der Waals surface area (Å²) in [6.45, 7) is 24.7. The Balaban J connectivity index is 0.000000474. The maximum atomic E-state index is 6.53. The van der Waals surface area contributed by atoms with Crippen LogP contribution in [0.15, 0.2) is 119 Å². The molecule has 65 heavy (non-hydrogen) atoms. The van der Waals surface area contributed by atoms with Gasteiger partial charge in [0.25, 0.3) is 0 Å². The molecule has 0 fully saturated rings. The first-order valence-electron chi connectivity index (χ1n) is 22.4. The van der Waals surface area contributed by atoms with E-state index in [2.05, 4.69) is 189 Å². The second-order valence-corrected chi connectivity index (χ2v) is 23.3. The molecule has 0 N–H and O–H groups in total. The third-order valence-corrected chi connectivity index (χ3v) is 17.8. The molecular weight excluding hydrogens is 971 g/mol. The first-order valence-corrected chi connectivity index (χ1v) is 27.6. The number of allylic oxidation sites excluding steroid dienone is 8. The first-order chi connectivity index (χ1) is 30.7. The molecule has 341 valence electrons. The summed E-state index contributed by atoms with van der Waals surface area (Å²) in [6.07, 6.45) is 14.7. The summed E-state index contributed by atoms with van der Waals surface area (Å²) in [5, 5.41) is 7.78. The predicted molar refractivity (Wildman–Crippen MR) is 280 cm³/mol. The molecule has 2 aliphatic carbocycles. The van der Waals surface area contributed by atoms with Crippen molar-refractivity contribution in [3.05, 3.63) is 159 Å². The van der Waals surface area contributed by atoms with Crippen molar-refractivity contribution in [2.24, 2.45) is 11.8 Å². The van der Waals surface area contributed by atoms with Crippen LogP contribution in [0.4, 0.5) is 0 Å². The molecule has 5 aromatic rings. The Kier molecular flexibility index (Phi) is 17.4. The van der Waals surface area contributed by atoms with Crippen LogP contribution in [-0.4, -0.2) is 13.6 Å². The van der Waals surface area contributed by atoms with Gasteiger partial charge in [-0.05, 0) is 187 Å². The number of hydrogen-bond donors (Lipinski definition) is 0. The van der Waals surface area contributed by atoms with Crippen LogP contribution in [-0.2, 0) is 17.3 Å². The summed E-state index contributed by atoms with van der Waals surface area (Å²) in [5.74, 6) is 4.89. The Bertz CT molecular complexity index is 2570. The molecule has 0 radical (unpaired) electrons. The Labute approximate surface area is 411 Å². The summed E-state index contributed by atoms with van der Waals surface area (Å²) >= 11 is 1.82. The molecule has 2 heterocycles. The standard InChI is InChI=1S/C46H43O4P2.C10H18.2ClH.Ru/c1-27-13-28(2)18-35(17-27)51(36-19-29(3)14-30(4)20-36)41-11-9-39-45(49-25-47-39)43(41)44-42(12-10-40-46(44)50-26-48-40)52(37-21-31(5)15-32(6)22-37)38-23-33(7)16-34(8)24-38;1-8(2)10-6-4-9(3)5-7-10;;;/h9-15,17-24H,25-26H2,1-8H3;4,8,10H,5-7H2,1-3H3;2*1H;/q+1;;;;+1/p+1. The topological polar surface area (TPSA) is 36.9 Å². The molecule has 2 aliphatic heterocycles. The van der Waals surface area contributed by atoms with Gasteiger partial charge in [-0.2, -0.15) is 0 Å². The van der Waals surface area contributed by atoms with Gasteiger partial charge in [0.1, 0.15) is 45.6 Å². The number of ether oxygens (including phenoxy) is 4. The summed E-state index contributed by atoms with van der Waals surface area (Å²) in [6, 6.07) is 29.8. The van der Waals surface area contributed by atoms with Crippen LogP contribution in [0, 0.1) is 59.5 Å². The molecule has 0 saturated carbocycles. The van der Waals surface area contributed by atoms with E-state index in [0.29, 0.717) is 0 Å². The molecule has 4 aliphatic rings. The van der Waals surface area contributed by atoms with Crippen molar-refractivity contribution in [1.29, 1.82) is 0 Å².